The van der Waals surface area contributed by atoms with E-state index in [1.165, 1.54) is 0 Å². The van der Waals surface area contributed by atoms with Gasteiger partial charge in [0, 0.05) is 11.7 Å². The largest absolute Gasteiger partial charge is 0.484 e. The monoisotopic (exact) mass is 288 g/mol. The van der Waals surface area contributed by atoms with E-state index in [-0.39, 0.29) is 5.75 Å². The Bertz CT molecular complexity index is 398. The summed E-state index contributed by atoms with van der Waals surface area (Å²) in [5.74, 6) is 0.232. The van der Waals surface area contributed by atoms with Gasteiger partial charge in [0.15, 0.2) is 6.61 Å². The minimum atomic E-state index is -4.30. The van der Waals surface area contributed by atoms with E-state index in [2.05, 4.69) is 15.4 Å². The van der Waals surface area contributed by atoms with Gasteiger partial charge in [0.1, 0.15) is 5.75 Å². The van der Waals surface area contributed by atoms with Crippen molar-refractivity contribution in [3.05, 3.63) is 24.3 Å². The van der Waals surface area contributed by atoms with E-state index in [1.807, 2.05) is 0 Å². The normalized spacial score (nSPS) is 20.2. The minimum absolute atomic E-state index is 0.232. The van der Waals surface area contributed by atoms with Gasteiger partial charge in [0.05, 0.1) is 0 Å². The van der Waals surface area contributed by atoms with Crippen molar-refractivity contribution < 1.29 is 17.9 Å². The molecule has 1 fully saturated rings. The molecule has 2 N–H and O–H groups in total. The van der Waals surface area contributed by atoms with E-state index < -0.39 is 12.8 Å². The molecule has 6 heteroatoms. The van der Waals surface area contributed by atoms with Gasteiger partial charge in [0.25, 0.3) is 0 Å². The second-order valence-electron chi connectivity index (χ2n) is 4.95. The van der Waals surface area contributed by atoms with Crippen LogP contribution in [0.4, 0.5) is 18.9 Å². The number of rotatable bonds is 4. The summed E-state index contributed by atoms with van der Waals surface area (Å²) in [6.45, 7) is 0.779. The van der Waals surface area contributed by atoms with E-state index in [9.17, 15) is 13.2 Å². The summed E-state index contributed by atoms with van der Waals surface area (Å²) in [6.07, 6.45) is -1.03. The summed E-state index contributed by atoms with van der Waals surface area (Å²) in [4.78, 5) is 0. The molecule has 0 amide bonds. The number of ether oxygens (including phenoxy) is 1. The molecule has 112 valence electrons. The van der Waals surface area contributed by atoms with Gasteiger partial charge in [-0.2, -0.15) is 13.2 Å². The van der Waals surface area contributed by atoms with Crippen LogP contribution in [0.3, 0.4) is 0 Å². The van der Waals surface area contributed by atoms with Gasteiger partial charge in [-0.15, -0.1) is 0 Å². The van der Waals surface area contributed by atoms with Crippen molar-refractivity contribution in [1.29, 1.82) is 0 Å². The number of benzene rings is 1. The van der Waals surface area contributed by atoms with Crippen LogP contribution in [0.15, 0.2) is 24.3 Å². The summed E-state index contributed by atoms with van der Waals surface area (Å²) >= 11 is 0. The molecule has 1 unspecified atom stereocenters. The topological polar surface area (TPSA) is 33.3 Å². The predicted octanol–water partition coefficient (Wildman–Crippen LogP) is 3.18. The zero-order valence-corrected chi connectivity index (χ0v) is 11.2. The van der Waals surface area contributed by atoms with Crippen molar-refractivity contribution in [2.24, 2.45) is 0 Å². The van der Waals surface area contributed by atoms with Crippen LogP contribution in [0.5, 0.6) is 5.75 Å². The quantitative estimate of drug-likeness (QED) is 0.892. The lowest BCUT2D eigenvalue weighted by atomic mass is 10.1. The molecule has 0 spiro atoms. The van der Waals surface area contributed by atoms with Crippen LogP contribution in [0.1, 0.15) is 19.3 Å². The molecule has 1 aromatic carbocycles. The molecule has 3 nitrogen and oxygen atoms in total. The Labute approximate surface area is 116 Å². The average molecular weight is 288 g/mol. The molecule has 1 aliphatic heterocycles. The fourth-order valence-corrected chi connectivity index (χ4v) is 2.21. The second-order valence-corrected chi connectivity index (χ2v) is 4.95. The maximum absolute atomic E-state index is 12.0. The molecule has 0 bridgehead atoms. The summed E-state index contributed by atoms with van der Waals surface area (Å²) in [7, 11) is 0. The summed E-state index contributed by atoms with van der Waals surface area (Å²) in [5.41, 5.74) is 0.913. The van der Waals surface area contributed by atoms with Gasteiger partial charge < -0.3 is 15.4 Å². The van der Waals surface area contributed by atoms with E-state index in [0.29, 0.717) is 6.04 Å². The Morgan fingerprint density at radius 2 is 1.90 bits per heavy atom. The standard InChI is InChI=1S/C14H19F3N2O/c15-14(16,17)10-20-13-5-3-12(4-6-13)19-11-2-1-8-18-9-7-11/h3-6,11,18-19H,1-2,7-10H2. The third-order valence-corrected chi connectivity index (χ3v) is 3.20. The molecule has 1 heterocycles. The second kappa shape index (κ2) is 6.83. The van der Waals surface area contributed by atoms with E-state index in [1.54, 1.807) is 24.3 Å². The predicted molar refractivity (Wildman–Crippen MR) is 72.1 cm³/mol. The molecular weight excluding hydrogens is 269 g/mol. The van der Waals surface area contributed by atoms with Crippen LogP contribution in [-0.2, 0) is 0 Å². The zero-order chi connectivity index (χ0) is 14.4. The van der Waals surface area contributed by atoms with E-state index in [0.717, 1.165) is 38.0 Å². The van der Waals surface area contributed by atoms with Crippen molar-refractivity contribution in [3.8, 4) is 5.75 Å². The Morgan fingerprint density at radius 1 is 1.15 bits per heavy atom. The maximum atomic E-state index is 12.0. The molecule has 0 radical (unpaired) electrons. The Kier molecular flexibility index (Phi) is 5.11. The van der Waals surface area contributed by atoms with Gasteiger partial charge in [0.2, 0.25) is 0 Å². The molecule has 0 aliphatic carbocycles. The minimum Gasteiger partial charge on any atom is -0.484 e. The maximum Gasteiger partial charge on any atom is 0.422 e. The molecule has 0 saturated carbocycles. The molecule has 0 aromatic heterocycles. The van der Waals surface area contributed by atoms with Crippen molar-refractivity contribution in [3.63, 3.8) is 0 Å². The molecule has 1 saturated heterocycles. The fourth-order valence-electron chi connectivity index (χ4n) is 2.21. The lowest BCUT2D eigenvalue weighted by molar-refractivity contribution is -0.153. The number of nitrogens with one attached hydrogen (secondary N) is 2. The highest BCUT2D eigenvalue weighted by Gasteiger charge is 2.28. The summed E-state index contributed by atoms with van der Waals surface area (Å²) in [6, 6.07) is 7.03. The molecular formula is C14H19F3N2O. The average Bonchev–Trinajstić information content (AvgIpc) is 2.66. The number of hydrogen-bond acceptors (Lipinski definition) is 3. The summed E-state index contributed by atoms with van der Waals surface area (Å²) < 4.78 is 40.7. The molecule has 2 rings (SSSR count). The van der Waals surface area contributed by atoms with Crippen LogP contribution in [0.25, 0.3) is 0 Å². The Hall–Kier alpha value is -1.43. The number of halogens is 3. The van der Waals surface area contributed by atoms with E-state index >= 15 is 0 Å². The van der Waals surface area contributed by atoms with Gasteiger partial charge >= 0.3 is 6.18 Å². The highest BCUT2D eigenvalue weighted by atomic mass is 19.4. The number of anilines is 1. The van der Waals surface area contributed by atoms with Crippen LogP contribution in [0, 0.1) is 0 Å². The lowest BCUT2D eigenvalue weighted by Crippen LogP contribution is -2.21. The number of alkyl halides is 3. The Balaban J connectivity index is 1.84. The van der Waals surface area contributed by atoms with Crippen LogP contribution in [-0.4, -0.2) is 31.9 Å². The first kappa shape index (κ1) is 15.0. The summed E-state index contributed by atoms with van der Waals surface area (Å²) in [5, 5.41) is 6.74. The van der Waals surface area contributed by atoms with E-state index in [4.69, 9.17) is 0 Å². The first-order chi connectivity index (χ1) is 9.53. The van der Waals surface area contributed by atoms with Gasteiger partial charge in [-0.05, 0) is 56.6 Å². The van der Waals surface area contributed by atoms with Gasteiger partial charge in [-0.25, -0.2) is 0 Å². The first-order valence-corrected chi connectivity index (χ1v) is 6.80. The van der Waals surface area contributed by atoms with Crippen LogP contribution >= 0.6 is 0 Å². The van der Waals surface area contributed by atoms with Crippen molar-refractivity contribution in [2.75, 3.05) is 25.0 Å². The highest BCUT2D eigenvalue weighted by Crippen LogP contribution is 2.21. The number of hydrogen-bond donors (Lipinski definition) is 2. The Morgan fingerprint density at radius 3 is 2.60 bits per heavy atom. The molecule has 1 atom stereocenters. The molecule has 1 aromatic rings. The lowest BCUT2D eigenvalue weighted by Gasteiger charge is -2.17. The third kappa shape index (κ3) is 5.28. The highest BCUT2D eigenvalue weighted by molar-refractivity contribution is 5.47. The fraction of sp³-hybridized carbons (Fsp3) is 0.571. The van der Waals surface area contributed by atoms with Gasteiger partial charge in [-0.3, -0.25) is 0 Å². The third-order valence-electron chi connectivity index (χ3n) is 3.20. The van der Waals surface area contributed by atoms with Crippen molar-refractivity contribution in [2.45, 2.75) is 31.5 Å². The van der Waals surface area contributed by atoms with Crippen molar-refractivity contribution >= 4 is 5.69 Å². The van der Waals surface area contributed by atoms with Crippen LogP contribution < -0.4 is 15.4 Å². The molecule has 1 aliphatic rings. The van der Waals surface area contributed by atoms with Crippen molar-refractivity contribution in [1.82, 2.24) is 5.32 Å². The first-order valence-electron chi connectivity index (χ1n) is 6.80. The zero-order valence-electron chi connectivity index (χ0n) is 11.2. The molecule has 20 heavy (non-hydrogen) atoms. The van der Waals surface area contributed by atoms with Crippen LogP contribution in [0.2, 0.25) is 0 Å². The smallest absolute Gasteiger partial charge is 0.422 e. The van der Waals surface area contributed by atoms with Gasteiger partial charge in [-0.1, -0.05) is 0 Å². The SMILES string of the molecule is FC(F)(F)COc1ccc(NC2CCCNCC2)cc1.